The van der Waals surface area contributed by atoms with Crippen molar-refractivity contribution in [2.24, 2.45) is 0 Å². The van der Waals surface area contributed by atoms with Crippen LogP contribution in [0.15, 0.2) is 30.7 Å². The van der Waals surface area contributed by atoms with Gasteiger partial charge < -0.3 is 14.5 Å². The number of fused-ring (bicyclic) bond motifs is 2. The van der Waals surface area contributed by atoms with Crippen LogP contribution in [0.4, 0.5) is 0 Å². The van der Waals surface area contributed by atoms with Crippen molar-refractivity contribution >= 4 is 16.6 Å². The first kappa shape index (κ1) is 21.6. The molecule has 2 saturated heterocycles. The van der Waals surface area contributed by atoms with E-state index in [1.54, 1.807) is 13.4 Å². The Morgan fingerprint density at radius 2 is 1.97 bits per heavy atom. The van der Waals surface area contributed by atoms with Gasteiger partial charge in [0.1, 0.15) is 6.33 Å². The van der Waals surface area contributed by atoms with Crippen LogP contribution in [0.5, 0.6) is 5.75 Å². The molecule has 6 rings (SSSR count). The lowest BCUT2D eigenvalue weighted by Gasteiger charge is -2.41. The number of aromatic nitrogens is 4. The molecule has 3 aromatic heterocycles. The Morgan fingerprint density at radius 3 is 2.65 bits per heavy atom. The van der Waals surface area contributed by atoms with E-state index in [2.05, 4.69) is 65.1 Å². The molecule has 0 bridgehead atoms. The summed E-state index contributed by atoms with van der Waals surface area (Å²) in [6.07, 6.45) is 6.08. The number of nitrogens with zero attached hydrogens (tertiary/aromatic N) is 4. The molecule has 0 unspecified atom stereocenters. The predicted molar refractivity (Wildman–Crippen MR) is 134 cm³/mol. The monoisotopic (exact) mass is 459 g/mol. The van der Waals surface area contributed by atoms with Gasteiger partial charge in [0.15, 0.2) is 11.4 Å². The largest absolute Gasteiger partial charge is 0.492 e. The van der Waals surface area contributed by atoms with Gasteiger partial charge in [-0.15, -0.1) is 0 Å². The van der Waals surface area contributed by atoms with Gasteiger partial charge in [0.25, 0.3) is 0 Å². The third-order valence-corrected chi connectivity index (χ3v) is 7.82. The summed E-state index contributed by atoms with van der Waals surface area (Å²) in [4.78, 5) is 10.7. The van der Waals surface area contributed by atoms with Crippen LogP contribution in [-0.4, -0.2) is 63.9 Å². The highest BCUT2D eigenvalue weighted by atomic mass is 16.5. The second-order valence-corrected chi connectivity index (χ2v) is 10.1. The SMILES string of the molecule is COc1c(C)c(-c2[nH]c3ccc(C4CCN(C5COC5)CC4)cc3c2C(C)C)cn2ncnc12. The van der Waals surface area contributed by atoms with E-state index in [1.807, 2.05) is 4.52 Å². The topological polar surface area (TPSA) is 67.7 Å². The van der Waals surface area contributed by atoms with Crippen LogP contribution in [0.2, 0.25) is 0 Å². The van der Waals surface area contributed by atoms with E-state index < -0.39 is 0 Å². The van der Waals surface area contributed by atoms with E-state index in [0.29, 0.717) is 17.9 Å². The van der Waals surface area contributed by atoms with Crippen LogP contribution in [-0.2, 0) is 4.74 Å². The number of nitrogens with one attached hydrogen (secondary N) is 1. The van der Waals surface area contributed by atoms with Gasteiger partial charge in [-0.05, 0) is 68.0 Å². The van der Waals surface area contributed by atoms with Crippen LogP contribution in [0.3, 0.4) is 0 Å². The molecule has 1 N–H and O–H groups in total. The second-order valence-electron chi connectivity index (χ2n) is 10.1. The summed E-state index contributed by atoms with van der Waals surface area (Å²) in [6, 6.07) is 7.68. The zero-order valence-electron chi connectivity index (χ0n) is 20.5. The minimum Gasteiger partial charge on any atom is -0.492 e. The van der Waals surface area contributed by atoms with Crippen molar-refractivity contribution < 1.29 is 9.47 Å². The second kappa shape index (κ2) is 8.40. The average Bonchev–Trinajstić information content (AvgIpc) is 3.42. The number of ether oxygens (including phenoxy) is 2. The highest BCUT2D eigenvalue weighted by Gasteiger charge is 2.30. The molecule has 5 heterocycles. The molecule has 34 heavy (non-hydrogen) atoms. The van der Waals surface area contributed by atoms with E-state index in [9.17, 15) is 0 Å². The molecule has 7 nitrogen and oxygen atoms in total. The molecule has 0 saturated carbocycles. The number of aromatic amines is 1. The van der Waals surface area contributed by atoms with Crippen LogP contribution < -0.4 is 4.74 Å². The van der Waals surface area contributed by atoms with Gasteiger partial charge in [0, 0.05) is 28.2 Å². The quantitative estimate of drug-likeness (QED) is 0.460. The summed E-state index contributed by atoms with van der Waals surface area (Å²) in [6.45, 7) is 10.8. The number of likely N-dealkylation sites (tertiary alicyclic amines) is 1. The van der Waals surface area contributed by atoms with Crippen molar-refractivity contribution in [1.29, 1.82) is 0 Å². The average molecular weight is 460 g/mol. The van der Waals surface area contributed by atoms with Gasteiger partial charge in [0.2, 0.25) is 0 Å². The first-order valence-electron chi connectivity index (χ1n) is 12.4. The molecule has 178 valence electrons. The molecule has 2 fully saturated rings. The number of pyridine rings is 1. The van der Waals surface area contributed by atoms with Gasteiger partial charge in [-0.25, -0.2) is 9.50 Å². The molecule has 2 aliphatic rings. The molecule has 0 amide bonds. The molecule has 4 aromatic rings. The number of piperidine rings is 1. The van der Waals surface area contributed by atoms with E-state index in [0.717, 1.165) is 41.4 Å². The number of hydrogen-bond donors (Lipinski definition) is 1. The Morgan fingerprint density at radius 1 is 1.18 bits per heavy atom. The third kappa shape index (κ3) is 3.41. The summed E-state index contributed by atoms with van der Waals surface area (Å²) in [5, 5.41) is 5.72. The maximum Gasteiger partial charge on any atom is 0.198 e. The first-order chi connectivity index (χ1) is 16.5. The number of rotatable bonds is 5. The standard InChI is InChI=1S/C27H33N5O2/c1-16(2)24-21-11-19(18-7-9-31(10-8-18)20-13-34-14-20)5-6-23(21)30-25(24)22-12-32-27(28-15-29-32)26(33-4)17(22)3/h5-6,11-12,15-16,18,20,30H,7-10,13-14H2,1-4H3. The van der Waals surface area contributed by atoms with Gasteiger partial charge >= 0.3 is 0 Å². The van der Waals surface area contributed by atoms with E-state index >= 15 is 0 Å². The highest BCUT2D eigenvalue weighted by Crippen LogP contribution is 2.41. The van der Waals surface area contributed by atoms with Crippen molar-refractivity contribution in [1.82, 2.24) is 24.5 Å². The van der Waals surface area contributed by atoms with Crippen LogP contribution in [0.1, 0.15) is 55.2 Å². The normalized spacial score (nSPS) is 18.3. The Kier molecular flexibility index (Phi) is 5.34. The Bertz CT molecular complexity index is 1340. The van der Waals surface area contributed by atoms with Crippen molar-refractivity contribution in [3.05, 3.63) is 47.4 Å². The van der Waals surface area contributed by atoms with Crippen LogP contribution in [0, 0.1) is 6.92 Å². The van der Waals surface area contributed by atoms with E-state index in [-0.39, 0.29) is 0 Å². The van der Waals surface area contributed by atoms with Gasteiger partial charge in [-0.2, -0.15) is 5.10 Å². The minimum atomic E-state index is 0.372. The summed E-state index contributed by atoms with van der Waals surface area (Å²) >= 11 is 0. The van der Waals surface area contributed by atoms with E-state index in [4.69, 9.17) is 9.47 Å². The molecule has 0 spiro atoms. The predicted octanol–water partition coefficient (Wildman–Crippen LogP) is 4.90. The first-order valence-corrected chi connectivity index (χ1v) is 12.4. The fourth-order valence-corrected chi connectivity index (χ4v) is 5.84. The number of methoxy groups -OCH3 is 1. The summed E-state index contributed by atoms with van der Waals surface area (Å²) in [7, 11) is 1.70. The van der Waals surface area contributed by atoms with Gasteiger partial charge in [-0.1, -0.05) is 19.9 Å². The summed E-state index contributed by atoms with van der Waals surface area (Å²) in [5.74, 6) is 1.76. The molecule has 1 aromatic carbocycles. The zero-order valence-corrected chi connectivity index (χ0v) is 20.5. The van der Waals surface area contributed by atoms with Crippen molar-refractivity contribution in [2.45, 2.75) is 51.5 Å². The lowest BCUT2D eigenvalue weighted by Crippen LogP contribution is -2.51. The fourth-order valence-electron chi connectivity index (χ4n) is 5.84. The molecular weight excluding hydrogens is 426 g/mol. The minimum absolute atomic E-state index is 0.372. The maximum absolute atomic E-state index is 5.74. The van der Waals surface area contributed by atoms with Crippen LogP contribution in [0.25, 0.3) is 27.8 Å². The Hall–Kier alpha value is -2.90. The molecule has 7 heteroatoms. The smallest absolute Gasteiger partial charge is 0.198 e. The molecule has 0 aliphatic carbocycles. The number of H-pyrrole nitrogens is 1. The molecule has 2 aliphatic heterocycles. The van der Waals surface area contributed by atoms with Crippen molar-refractivity contribution in [2.75, 3.05) is 33.4 Å². The maximum atomic E-state index is 5.74. The highest BCUT2D eigenvalue weighted by molar-refractivity contribution is 5.93. The van der Waals surface area contributed by atoms with E-state index in [1.165, 1.54) is 48.0 Å². The molecule has 0 atom stereocenters. The number of hydrogen-bond acceptors (Lipinski definition) is 5. The van der Waals surface area contributed by atoms with Gasteiger partial charge in [0.05, 0.1) is 32.1 Å². The van der Waals surface area contributed by atoms with Gasteiger partial charge in [-0.3, -0.25) is 4.90 Å². The molecule has 0 radical (unpaired) electrons. The lowest BCUT2D eigenvalue weighted by atomic mass is 9.87. The molecular formula is C27H33N5O2. The summed E-state index contributed by atoms with van der Waals surface area (Å²) < 4.78 is 13.0. The van der Waals surface area contributed by atoms with Crippen molar-refractivity contribution in [3.8, 4) is 17.0 Å². The fraction of sp³-hybridized carbons (Fsp3) is 0.481. The van der Waals surface area contributed by atoms with Crippen molar-refractivity contribution in [3.63, 3.8) is 0 Å². The Labute approximate surface area is 200 Å². The third-order valence-electron chi connectivity index (χ3n) is 7.82. The zero-order chi connectivity index (χ0) is 23.4. The Balaban J connectivity index is 1.41. The summed E-state index contributed by atoms with van der Waals surface area (Å²) in [5.41, 5.74) is 8.07. The number of benzene rings is 1. The van der Waals surface area contributed by atoms with Crippen LogP contribution >= 0.6 is 0 Å². The lowest BCUT2D eigenvalue weighted by molar-refractivity contribution is -0.0712.